The molecule has 0 nitrogen and oxygen atoms in total. The van der Waals surface area contributed by atoms with Crippen molar-refractivity contribution in [3.8, 4) is 0 Å². The molecule has 0 saturated heterocycles. The summed E-state index contributed by atoms with van der Waals surface area (Å²) >= 11 is 0. The average molecular weight is 631 g/mol. The van der Waals surface area contributed by atoms with Gasteiger partial charge in [-0.25, -0.2) is 0 Å². The molecule has 0 unspecified atom stereocenters. The summed E-state index contributed by atoms with van der Waals surface area (Å²) in [7, 11) is 0. The van der Waals surface area contributed by atoms with Gasteiger partial charge in [-0.1, -0.05) is 74.9 Å². The molecule has 2 aromatic carbocycles. The van der Waals surface area contributed by atoms with Crippen LogP contribution < -0.4 is 0 Å². The van der Waals surface area contributed by atoms with Crippen LogP contribution in [0, 0.1) is 81.8 Å². The SMILES string of the molecule is C=Cc1cc(C=C)cc(C23CC4C5CC6(C78CC9C%10CC%11(c%12cc(C=C)cc(C=C)c%12)CC9C(C7)C(C%11)C%10C8)CC4C(C2)C(C6)C5C3)c1. The van der Waals surface area contributed by atoms with Crippen molar-refractivity contribution in [1.82, 2.24) is 0 Å². The maximum Gasteiger partial charge on any atom is -0.00380 e. The zero-order valence-corrected chi connectivity index (χ0v) is 29.0. The molecular formula is C48H54. The van der Waals surface area contributed by atoms with Crippen LogP contribution in [-0.4, -0.2) is 0 Å². The lowest BCUT2D eigenvalue weighted by atomic mass is 9.23. The summed E-state index contributed by atoms with van der Waals surface area (Å²) in [6, 6.07) is 14.6. The molecule has 0 atom stereocenters. The van der Waals surface area contributed by atoms with Crippen LogP contribution in [0.3, 0.4) is 0 Å². The largest absolute Gasteiger partial charge is 0.0985 e. The summed E-state index contributed by atoms with van der Waals surface area (Å²) in [5.74, 6) is 12.2. The Hall–Kier alpha value is -2.60. The first kappa shape index (κ1) is 28.1. The predicted molar refractivity (Wildman–Crippen MR) is 199 cm³/mol. The van der Waals surface area contributed by atoms with Crippen molar-refractivity contribution in [2.24, 2.45) is 81.8 Å². The van der Waals surface area contributed by atoms with Gasteiger partial charge < -0.3 is 0 Å². The van der Waals surface area contributed by atoms with E-state index in [1.807, 2.05) is 0 Å². The molecular weight excluding hydrogens is 577 g/mol. The van der Waals surface area contributed by atoms with Gasteiger partial charge in [0.25, 0.3) is 0 Å². The third kappa shape index (κ3) is 3.11. The summed E-state index contributed by atoms with van der Waals surface area (Å²) in [4.78, 5) is 0. The Kier molecular flexibility index (Phi) is 5.17. The molecule has 2 aromatic rings. The van der Waals surface area contributed by atoms with E-state index < -0.39 is 0 Å². The standard InChI is InChI=1S/C48H54/c1-5-27-9-28(6-2)12-31(11-27)45-15-33-39-21-47(22-40(33)35(17-45)41(23-47)34(39)16-45)48-24-42-36-18-46(32-13-29(7-3)10-30(8-4)14-32)19-37(42)44(26-48)38(20-46)43(36)25-48/h5-14,33-44H,1-4,15-26H2. The topological polar surface area (TPSA) is 0 Å². The van der Waals surface area contributed by atoms with E-state index in [2.05, 4.69) is 87.0 Å². The Morgan fingerprint density at radius 1 is 0.333 bits per heavy atom. The van der Waals surface area contributed by atoms with Gasteiger partial charge in [0.1, 0.15) is 0 Å². The van der Waals surface area contributed by atoms with E-state index in [-0.39, 0.29) is 0 Å². The molecule has 14 fully saturated rings. The molecule has 0 heterocycles. The van der Waals surface area contributed by atoms with Crippen LogP contribution in [0.15, 0.2) is 62.7 Å². The van der Waals surface area contributed by atoms with Crippen molar-refractivity contribution in [2.45, 2.75) is 87.9 Å². The van der Waals surface area contributed by atoms with Crippen molar-refractivity contribution in [2.75, 3.05) is 0 Å². The fourth-order valence-electron chi connectivity index (χ4n) is 18.3. The fourth-order valence-corrected chi connectivity index (χ4v) is 18.3. The number of benzene rings is 2. The molecule has 14 aliphatic carbocycles. The second kappa shape index (κ2) is 8.82. The summed E-state index contributed by atoms with van der Waals surface area (Å²) in [5.41, 5.74) is 10.7. The highest BCUT2D eigenvalue weighted by molar-refractivity contribution is 5.60. The molecule has 14 saturated carbocycles. The molecule has 0 aromatic heterocycles. The third-order valence-electron chi connectivity index (χ3n) is 19.4. The van der Waals surface area contributed by atoms with E-state index in [4.69, 9.17) is 0 Å². The minimum atomic E-state index is 0.421. The van der Waals surface area contributed by atoms with Crippen LogP contribution in [0.5, 0.6) is 0 Å². The van der Waals surface area contributed by atoms with Crippen LogP contribution in [-0.2, 0) is 10.8 Å². The Morgan fingerprint density at radius 3 is 0.750 bits per heavy atom. The molecule has 246 valence electrons. The van der Waals surface area contributed by atoms with Crippen LogP contribution in [0.4, 0.5) is 0 Å². The van der Waals surface area contributed by atoms with Gasteiger partial charge in [0.2, 0.25) is 0 Å². The Bertz CT molecular complexity index is 1520. The molecule has 0 radical (unpaired) electrons. The first-order chi connectivity index (χ1) is 23.3. The Labute approximate surface area is 289 Å². The number of hydrogen-bond acceptors (Lipinski definition) is 0. The second-order valence-corrected chi connectivity index (χ2v) is 20.1. The predicted octanol–water partition coefficient (Wildman–Crippen LogP) is 11.6. The minimum Gasteiger partial charge on any atom is -0.0985 e. The van der Waals surface area contributed by atoms with Crippen molar-refractivity contribution in [1.29, 1.82) is 0 Å². The first-order valence-electron chi connectivity index (χ1n) is 20.1. The summed E-state index contributed by atoms with van der Waals surface area (Å²) < 4.78 is 0. The Morgan fingerprint density at radius 2 is 0.542 bits per heavy atom. The van der Waals surface area contributed by atoms with Crippen LogP contribution in [0.1, 0.15) is 110 Å². The smallest absolute Gasteiger partial charge is 0.00380 e. The summed E-state index contributed by atoms with van der Waals surface area (Å²) in [6.07, 6.45) is 26.9. The quantitative estimate of drug-likeness (QED) is 0.285. The molecule has 48 heavy (non-hydrogen) atoms. The van der Waals surface area contributed by atoms with E-state index in [9.17, 15) is 0 Å². The molecule has 0 spiro atoms. The monoisotopic (exact) mass is 630 g/mol. The lowest BCUT2D eigenvalue weighted by Crippen LogP contribution is -2.75. The average Bonchev–Trinajstić information content (AvgIpc) is 3.14. The normalized spacial score (nSPS) is 53.1. The lowest BCUT2D eigenvalue weighted by molar-refractivity contribution is -0.319. The van der Waals surface area contributed by atoms with E-state index in [0.29, 0.717) is 21.7 Å². The van der Waals surface area contributed by atoms with Crippen LogP contribution >= 0.6 is 0 Å². The molecule has 16 rings (SSSR count). The van der Waals surface area contributed by atoms with E-state index >= 15 is 0 Å². The van der Waals surface area contributed by atoms with Crippen LogP contribution in [0.25, 0.3) is 24.3 Å². The highest BCUT2D eigenvalue weighted by atomic mass is 14.8. The van der Waals surface area contributed by atoms with Gasteiger partial charge in [0.15, 0.2) is 0 Å². The van der Waals surface area contributed by atoms with Gasteiger partial charge in [-0.05, 0) is 215 Å². The van der Waals surface area contributed by atoms with E-state index in [1.165, 1.54) is 60.8 Å². The minimum absolute atomic E-state index is 0.421. The molecule has 14 aliphatic rings. The van der Waals surface area contributed by atoms with Gasteiger partial charge in [-0.15, -0.1) is 0 Å². The number of rotatable bonds is 7. The van der Waals surface area contributed by atoms with E-state index in [1.54, 1.807) is 49.7 Å². The van der Waals surface area contributed by atoms with E-state index in [0.717, 1.165) is 71.0 Å². The van der Waals surface area contributed by atoms with Crippen LogP contribution in [0.2, 0.25) is 0 Å². The van der Waals surface area contributed by atoms with Crippen molar-refractivity contribution in [3.05, 3.63) is 96.1 Å². The lowest BCUT2D eigenvalue weighted by Gasteiger charge is -2.82. The molecule has 16 bridgehead atoms. The number of hydrogen-bond donors (Lipinski definition) is 0. The molecule has 0 amide bonds. The molecule has 0 N–H and O–H groups in total. The van der Waals surface area contributed by atoms with Crippen molar-refractivity contribution in [3.63, 3.8) is 0 Å². The van der Waals surface area contributed by atoms with Gasteiger partial charge in [0.05, 0.1) is 0 Å². The highest BCUT2D eigenvalue weighted by Gasteiger charge is 2.78. The fraction of sp³-hybridized carbons (Fsp3) is 0.583. The highest BCUT2D eigenvalue weighted by Crippen LogP contribution is 2.85. The first-order valence-corrected chi connectivity index (χ1v) is 20.1. The van der Waals surface area contributed by atoms with Gasteiger partial charge in [-0.2, -0.15) is 0 Å². The Balaban J connectivity index is 0.862. The maximum atomic E-state index is 4.16. The summed E-state index contributed by atoms with van der Waals surface area (Å²) in [6.45, 7) is 16.6. The van der Waals surface area contributed by atoms with Crippen molar-refractivity contribution < 1.29 is 0 Å². The van der Waals surface area contributed by atoms with Gasteiger partial charge in [-0.3, -0.25) is 0 Å². The zero-order valence-electron chi connectivity index (χ0n) is 29.0. The maximum absolute atomic E-state index is 4.16. The second-order valence-electron chi connectivity index (χ2n) is 20.1. The van der Waals surface area contributed by atoms with Gasteiger partial charge in [0, 0.05) is 0 Å². The van der Waals surface area contributed by atoms with Crippen molar-refractivity contribution >= 4 is 24.3 Å². The third-order valence-corrected chi connectivity index (χ3v) is 19.4. The van der Waals surface area contributed by atoms with Gasteiger partial charge >= 0.3 is 0 Å². The summed E-state index contributed by atoms with van der Waals surface area (Å²) in [5, 5.41) is 0. The molecule has 0 heteroatoms. The zero-order chi connectivity index (χ0) is 31.9. The molecule has 0 aliphatic heterocycles.